The van der Waals surface area contributed by atoms with Crippen LogP contribution in [0.3, 0.4) is 0 Å². The average molecular weight is 269 g/mol. The normalized spacial score (nSPS) is 18.1. The Morgan fingerprint density at radius 3 is 1.07 bits per heavy atom. The van der Waals surface area contributed by atoms with E-state index in [2.05, 4.69) is 0 Å². The molecule has 0 aliphatic heterocycles. The summed E-state index contributed by atoms with van der Waals surface area (Å²) in [5, 5.41) is 51.5. The summed E-state index contributed by atoms with van der Waals surface area (Å²) in [5.74, 6) is -3.68. The van der Waals surface area contributed by atoms with Gasteiger partial charge in [0.05, 0.1) is 0 Å². The molecule has 0 bridgehead atoms. The quantitative estimate of drug-likeness (QED) is 0.301. The fraction of sp³-hybridized carbons (Fsp3) is 0.667. The molecule has 0 aromatic heterocycles. The first-order chi connectivity index (χ1) is 6.29. The van der Waals surface area contributed by atoms with Crippen LogP contribution in [0.25, 0.3) is 0 Å². The fourth-order valence-electron chi connectivity index (χ4n) is 0.666. The molecule has 0 amide bonds. The summed E-state index contributed by atoms with van der Waals surface area (Å²) in [6.45, 7) is 0. The van der Waals surface area contributed by atoms with Crippen molar-refractivity contribution in [3.63, 3.8) is 0 Å². The molecule has 0 aromatic rings. The zero-order valence-electron chi connectivity index (χ0n) is 7.14. The van der Waals surface area contributed by atoms with Crippen LogP contribution in [0.2, 0.25) is 0 Å². The third-order valence-corrected chi connectivity index (χ3v) is 1.50. The van der Waals surface area contributed by atoms with Crippen molar-refractivity contribution in [1.29, 1.82) is 0 Å². The summed E-state index contributed by atoms with van der Waals surface area (Å²) in [6, 6.07) is 0. The number of carboxylic acids is 2. The zero-order chi connectivity index (χ0) is 11.5. The Labute approximate surface area is 94.0 Å². The molecule has 0 aliphatic rings. The average Bonchev–Trinajstić information content (AvgIpc) is 2.12. The van der Waals surface area contributed by atoms with Gasteiger partial charge in [-0.2, -0.15) is 0 Å². The topological polar surface area (TPSA) is 156 Å². The molecule has 0 saturated heterocycles. The molecule has 0 fully saturated rings. The second kappa shape index (κ2) is 6.71. The minimum absolute atomic E-state index is 0. The number of aliphatic hydroxyl groups excluding tert-OH is 4. The van der Waals surface area contributed by atoms with Gasteiger partial charge in [0.15, 0.2) is 12.2 Å². The van der Waals surface area contributed by atoms with Crippen molar-refractivity contribution >= 4 is 11.9 Å². The predicted molar refractivity (Wildman–Crippen MR) is 39.3 cm³/mol. The predicted octanol–water partition coefficient (Wildman–Crippen LogP) is -3.40. The maximum Gasteiger partial charge on any atom is 0.335 e. The Kier molecular flexibility index (Phi) is 7.48. The summed E-state index contributed by atoms with van der Waals surface area (Å²) in [4.78, 5) is 20.2. The molecule has 0 saturated carbocycles. The summed E-state index contributed by atoms with van der Waals surface area (Å²) in [7, 11) is 0. The van der Waals surface area contributed by atoms with Gasteiger partial charge in [-0.25, -0.2) is 9.59 Å². The molecule has 0 aromatic carbocycles. The molecule has 6 N–H and O–H groups in total. The molecule has 9 heteroatoms. The van der Waals surface area contributed by atoms with E-state index in [1.165, 1.54) is 0 Å². The van der Waals surface area contributed by atoms with E-state index in [-0.39, 0.29) is 16.8 Å². The van der Waals surface area contributed by atoms with Crippen LogP contribution in [-0.4, -0.2) is 67.0 Å². The van der Waals surface area contributed by atoms with Crippen LogP contribution in [0.1, 0.15) is 0 Å². The zero-order valence-corrected chi connectivity index (χ0v) is 8.18. The van der Waals surface area contributed by atoms with Gasteiger partial charge in [-0.3, -0.25) is 0 Å². The molecule has 1 radical (unpaired) electrons. The van der Waals surface area contributed by atoms with Crippen molar-refractivity contribution in [2.45, 2.75) is 24.4 Å². The SMILES string of the molecule is O=C(O)[C@H](O)[C@H](O)[C@H](O)[C@@H](O)C(=O)O.[Co]. The van der Waals surface area contributed by atoms with E-state index in [1.807, 2.05) is 0 Å². The Balaban J connectivity index is 0. The van der Waals surface area contributed by atoms with Crippen molar-refractivity contribution in [2.75, 3.05) is 0 Å². The molecule has 8 nitrogen and oxygen atoms in total. The first-order valence-electron chi connectivity index (χ1n) is 3.47. The third-order valence-electron chi connectivity index (χ3n) is 1.50. The minimum Gasteiger partial charge on any atom is -0.479 e. The largest absolute Gasteiger partial charge is 0.479 e. The van der Waals surface area contributed by atoms with E-state index in [4.69, 9.17) is 30.6 Å². The van der Waals surface area contributed by atoms with Gasteiger partial charge in [0.25, 0.3) is 0 Å². The van der Waals surface area contributed by atoms with Crippen molar-refractivity contribution in [3.05, 3.63) is 0 Å². The Hall–Kier alpha value is -0.714. The number of hydrogen-bond acceptors (Lipinski definition) is 6. The molecule has 0 aliphatic carbocycles. The van der Waals surface area contributed by atoms with Gasteiger partial charge in [-0.05, 0) is 0 Å². The van der Waals surface area contributed by atoms with Crippen LogP contribution in [0.15, 0.2) is 0 Å². The molecule has 0 unspecified atom stereocenters. The van der Waals surface area contributed by atoms with E-state index in [1.54, 1.807) is 0 Å². The van der Waals surface area contributed by atoms with Gasteiger partial charge in [0, 0.05) is 16.8 Å². The summed E-state index contributed by atoms with van der Waals surface area (Å²) in [5.41, 5.74) is 0. The first kappa shape index (κ1) is 16.7. The molecule has 4 atom stereocenters. The van der Waals surface area contributed by atoms with Crippen LogP contribution < -0.4 is 0 Å². The number of rotatable bonds is 5. The molecule has 0 rings (SSSR count). The Morgan fingerprint density at radius 1 is 0.733 bits per heavy atom. The van der Waals surface area contributed by atoms with Gasteiger partial charge >= 0.3 is 11.9 Å². The van der Waals surface area contributed by atoms with Gasteiger partial charge in [-0.15, -0.1) is 0 Å². The van der Waals surface area contributed by atoms with Gasteiger partial charge in [-0.1, -0.05) is 0 Å². The number of aliphatic hydroxyl groups is 4. The monoisotopic (exact) mass is 269 g/mol. The van der Waals surface area contributed by atoms with E-state index >= 15 is 0 Å². The first-order valence-corrected chi connectivity index (χ1v) is 3.47. The van der Waals surface area contributed by atoms with Gasteiger partial charge in [0.2, 0.25) is 0 Å². The van der Waals surface area contributed by atoms with Crippen LogP contribution in [-0.2, 0) is 26.4 Å². The maximum absolute atomic E-state index is 10.1. The van der Waals surface area contributed by atoms with E-state index in [0.29, 0.717) is 0 Å². The van der Waals surface area contributed by atoms with Crippen LogP contribution in [0, 0.1) is 0 Å². The second-order valence-corrected chi connectivity index (χ2v) is 2.55. The molecular weight excluding hydrogens is 259 g/mol. The second-order valence-electron chi connectivity index (χ2n) is 2.55. The standard InChI is InChI=1S/C6H10O8.Co/c7-1(3(9)5(11)12)2(8)4(10)6(13)14;/h1-4,7-10H,(H,11,12)(H,13,14);/t1-,2+,3-,4-;/m1./s1. The van der Waals surface area contributed by atoms with Crippen LogP contribution in [0.5, 0.6) is 0 Å². The van der Waals surface area contributed by atoms with Crippen molar-refractivity contribution < 1.29 is 57.0 Å². The number of aliphatic carboxylic acids is 2. The van der Waals surface area contributed by atoms with Crippen molar-refractivity contribution in [2.24, 2.45) is 0 Å². The van der Waals surface area contributed by atoms with E-state index in [0.717, 1.165) is 0 Å². The maximum atomic E-state index is 10.1. The fourth-order valence-corrected chi connectivity index (χ4v) is 0.666. The summed E-state index contributed by atoms with van der Waals surface area (Å²) < 4.78 is 0. The molecule has 15 heavy (non-hydrogen) atoms. The number of carboxylic acid groups (broad SMARTS) is 2. The van der Waals surface area contributed by atoms with Gasteiger partial charge < -0.3 is 30.6 Å². The smallest absolute Gasteiger partial charge is 0.335 e. The Morgan fingerprint density at radius 2 is 0.933 bits per heavy atom. The summed E-state index contributed by atoms with van der Waals surface area (Å²) in [6.07, 6.45) is -9.28. The number of hydrogen-bond donors (Lipinski definition) is 6. The summed E-state index contributed by atoms with van der Waals surface area (Å²) >= 11 is 0. The molecule has 0 spiro atoms. The Bertz CT molecular complexity index is 207. The third kappa shape index (κ3) is 4.55. The molecule has 91 valence electrons. The minimum atomic E-state index is -2.36. The van der Waals surface area contributed by atoms with Crippen molar-refractivity contribution in [1.82, 2.24) is 0 Å². The van der Waals surface area contributed by atoms with Gasteiger partial charge in [0.1, 0.15) is 12.2 Å². The molecule has 0 heterocycles. The van der Waals surface area contributed by atoms with E-state index < -0.39 is 36.4 Å². The van der Waals surface area contributed by atoms with E-state index in [9.17, 15) is 9.59 Å². The number of carbonyl (C=O) groups is 2. The molecular formula is C6H10CoO8. The van der Waals surface area contributed by atoms with Crippen LogP contribution >= 0.6 is 0 Å². The van der Waals surface area contributed by atoms with Crippen LogP contribution in [0.4, 0.5) is 0 Å². The van der Waals surface area contributed by atoms with Crippen molar-refractivity contribution in [3.8, 4) is 0 Å².